The van der Waals surface area contributed by atoms with Crippen molar-refractivity contribution in [2.45, 2.75) is 70.6 Å². The van der Waals surface area contributed by atoms with Crippen LogP contribution in [0.1, 0.15) is 51.7 Å². The van der Waals surface area contributed by atoms with Gasteiger partial charge in [-0.15, -0.1) is 0 Å². The number of piperazine rings is 1. The third-order valence-electron chi connectivity index (χ3n) is 7.62. The summed E-state index contributed by atoms with van der Waals surface area (Å²) in [6.07, 6.45) is 3.01. The lowest BCUT2D eigenvalue weighted by molar-refractivity contribution is -0.148. The van der Waals surface area contributed by atoms with Gasteiger partial charge < -0.3 is 25.6 Å². The molecule has 0 bridgehead atoms. The fraction of sp³-hybridized carbons (Fsp3) is 0.630. The number of hydrogen-bond donors (Lipinski definition) is 3. The van der Waals surface area contributed by atoms with Crippen molar-refractivity contribution in [3.63, 3.8) is 0 Å². The average Bonchev–Trinajstić information content (AvgIpc) is 2.90. The molecule has 1 aliphatic carbocycles. The van der Waals surface area contributed by atoms with Gasteiger partial charge in [0.25, 0.3) is 0 Å². The van der Waals surface area contributed by atoms with E-state index in [1.165, 1.54) is 0 Å². The lowest BCUT2D eigenvalue weighted by Crippen LogP contribution is -2.66. The maximum absolute atomic E-state index is 13.8. The minimum Gasteiger partial charge on any atom is -0.343 e. The summed E-state index contributed by atoms with van der Waals surface area (Å²) in [6.45, 7) is 9.64. The van der Waals surface area contributed by atoms with Gasteiger partial charge >= 0.3 is 0 Å². The first-order valence-corrected chi connectivity index (χ1v) is 13.0. The number of carbonyl (C=O) groups is 4. The highest BCUT2D eigenvalue weighted by Crippen LogP contribution is 2.34. The molecule has 1 aliphatic heterocycles. The Balaban J connectivity index is 1.88. The number of nitrogens with one attached hydrogen (secondary N) is 3. The summed E-state index contributed by atoms with van der Waals surface area (Å²) in [4.78, 5) is 56.3. The van der Waals surface area contributed by atoms with Crippen LogP contribution in [0.2, 0.25) is 0 Å². The molecule has 198 valence electrons. The highest BCUT2D eigenvalue weighted by molar-refractivity contribution is 5.94. The van der Waals surface area contributed by atoms with Gasteiger partial charge in [0.1, 0.15) is 23.9 Å². The second-order valence-electron chi connectivity index (χ2n) is 10.3. The molecule has 0 aromatic heterocycles. The molecule has 3 rings (SSSR count). The topological polar surface area (TPSA) is 111 Å². The van der Waals surface area contributed by atoms with Crippen molar-refractivity contribution < 1.29 is 19.2 Å². The molecule has 0 spiro atoms. The molecule has 3 amide bonds. The first-order chi connectivity index (χ1) is 17.2. The van der Waals surface area contributed by atoms with E-state index in [0.717, 1.165) is 36.8 Å². The molecule has 9 nitrogen and oxygen atoms in total. The maximum Gasteiger partial charge on any atom is 0.246 e. The molecule has 1 heterocycles. The quantitative estimate of drug-likeness (QED) is 0.434. The number of fused-ring (bicyclic) bond motifs is 1. The summed E-state index contributed by atoms with van der Waals surface area (Å²) in [5, 5.41) is 8.81. The number of likely N-dealkylation sites (N-methyl/N-ethyl adjacent to an activating group) is 2. The number of benzene rings is 1. The fourth-order valence-corrected chi connectivity index (χ4v) is 5.17. The Kier molecular flexibility index (Phi) is 9.24. The van der Waals surface area contributed by atoms with Crippen LogP contribution in [-0.2, 0) is 31.1 Å². The number of rotatable bonds is 9. The van der Waals surface area contributed by atoms with Crippen LogP contribution in [0.25, 0.3) is 0 Å². The Morgan fingerprint density at radius 3 is 2.53 bits per heavy atom. The predicted octanol–water partition coefficient (Wildman–Crippen LogP) is 0.815. The van der Waals surface area contributed by atoms with Crippen molar-refractivity contribution in [1.29, 1.82) is 0 Å². The van der Waals surface area contributed by atoms with E-state index in [2.05, 4.69) is 20.9 Å². The molecular weight excluding hydrogens is 458 g/mol. The zero-order chi connectivity index (χ0) is 26.5. The molecule has 4 unspecified atom stereocenters. The van der Waals surface area contributed by atoms with Gasteiger partial charge in [0, 0.05) is 19.6 Å². The Hall–Kier alpha value is -2.78. The van der Waals surface area contributed by atoms with E-state index >= 15 is 0 Å². The molecule has 2 aliphatic rings. The summed E-state index contributed by atoms with van der Waals surface area (Å²) in [5.41, 5.74) is 0.779. The number of aldehydes is 1. The average molecular weight is 500 g/mol. The second-order valence-corrected chi connectivity index (χ2v) is 10.3. The van der Waals surface area contributed by atoms with E-state index in [9.17, 15) is 19.2 Å². The molecule has 1 aromatic rings. The van der Waals surface area contributed by atoms with Gasteiger partial charge in [-0.1, -0.05) is 45.0 Å². The molecule has 0 saturated carbocycles. The zero-order valence-corrected chi connectivity index (χ0v) is 22.2. The molecule has 0 radical (unpaired) electrons. The van der Waals surface area contributed by atoms with Gasteiger partial charge in [0.2, 0.25) is 17.7 Å². The Bertz CT molecular complexity index is 967. The Labute approximate surface area is 214 Å². The normalized spacial score (nSPS) is 23.9. The van der Waals surface area contributed by atoms with Crippen molar-refractivity contribution in [2.24, 2.45) is 5.92 Å². The molecule has 3 N–H and O–H groups in total. The first kappa shape index (κ1) is 27.8. The third-order valence-corrected chi connectivity index (χ3v) is 7.62. The van der Waals surface area contributed by atoms with E-state index < -0.39 is 23.7 Å². The standard InChI is InChI=1S/C27H41N5O4/c1-6-31-14-15-32(26(36)23(18(2)3)29-24(34)19(4)28-5)22(16-31)25(35)30-27(17-33)13-9-11-20-10-7-8-12-21(20)27/h7-8,10,12,17-19,22-23,28H,6,9,11,13-16H2,1-5H3,(H,29,34)(H,30,35). The number of aryl methyl sites for hydroxylation is 1. The van der Waals surface area contributed by atoms with Crippen LogP contribution in [0.4, 0.5) is 0 Å². The number of nitrogens with zero attached hydrogens (tertiary/aromatic N) is 2. The van der Waals surface area contributed by atoms with Crippen LogP contribution in [0, 0.1) is 5.92 Å². The molecule has 1 fully saturated rings. The maximum atomic E-state index is 13.8. The van der Waals surface area contributed by atoms with Gasteiger partial charge in [-0.05, 0) is 56.8 Å². The SMILES string of the molecule is CCN1CCN(C(=O)C(NC(=O)C(C)NC)C(C)C)C(C(=O)NC2(C=O)CCCc3ccccc32)C1. The van der Waals surface area contributed by atoms with Crippen molar-refractivity contribution in [3.8, 4) is 0 Å². The minimum atomic E-state index is -1.11. The van der Waals surface area contributed by atoms with Gasteiger partial charge in [0.05, 0.1) is 6.04 Å². The van der Waals surface area contributed by atoms with Crippen LogP contribution in [0.5, 0.6) is 0 Å². The van der Waals surface area contributed by atoms with Crippen LogP contribution < -0.4 is 16.0 Å². The van der Waals surface area contributed by atoms with Crippen molar-refractivity contribution in [1.82, 2.24) is 25.8 Å². The summed E-state index contributed by atoms with van der Waals surface area (Å²) < 4.78 is 0. The van der Waals surface area contributed by atoms with E-state index in [0.29, 0.717) is 26.1 Å². The third kappa shape index (κ3) is 5.78. The Morgan fingerprint density at radius 2 is 1.89 bits per heavy atom. The summed E-state index contributed by atoms with van der Waals surface area (Å²) in [7, 11) is 1.69. The molecule has 36 heavy (non-hydrogen) atoms. The minimum absolute atomic E-state index is 0.162. The highest BCUT2D eigenvalue weighted by atomic mass is 16.2. The van der Waals surface area contributed by atoms with Gasteiger partial charge in [-0.3, -0.25) is 19.3 Å². The van der Waals surface area contributed by atoms with Crippen molar-refractivity contribution >= 4 is 24.0 Å². The second kappa shape index (κ2) is 12.0. The lowest BCUT2D eigenvalue weighted by atomic mass is 9.77. The van der Waals surface area contributed by atoms with Gasteiger partial charge in [-0.2, -0.15) is 0 Å². The number of carbonyl (C=O) groups excluding carboxylic acids is 4. The molecule has 1 aromatic carbocycles. The van der Waals surface area contributed by atoms with Gasteiger partial charge in [-0.25, -0.2) is 0 Å². The molecular formula is C27H41N5O4. The van der Waals surface area contributed by atoms with Crippen LogP contribution >= 0.6 is 0 Å². The van der Waals surface area contributed by atoms with E-state index in [4.69, 9.17) is 0 Å². The number of amides is 3. The largest absolute Gasteiger partial charge is 0.343 e. The van der Waals surface area contributed by atoms with Gasteiger partial charge in [0.15, 0.2) is 0 Å². The molecule has 1 saturated heterocycles. The summed E-state index contributed by atoms with van der Waals surface area (Å²) >= 11 is 0. The van der Waals surface area contributed by atoms with Crippen molar-refractivity contribution in [3.05, 3.63) is 35.4 Å². The fourth-order valence-electron chi connectivity index (χ4n) is 5.17. The predicted molar refractivity (Wildman–Crippen MR) is 138 cm³/mol. The zero-order valence-electron chi connectivity index (χ0n) is 22.2. The van der Waals surface area contributed by atoms with E-state index in [1.54, 1.807) is 18.9 Å². The lowest BCUT2D eigenvalue weighted by Gasteiger charge is -2.44. The Morgan fingerprint density at radius 1 is 1.17 bits per heavy atom. The summed E-state index contributed by atoms with van der Waals surface area (Å²) in [6, 6.07) is 5.75. The highest BCUT2D eigenvalue weighted by Gasteiger charge is 2.44. The van der Waals surface area contributed by atoms with E-state index in [1.807, 2.05) is 45.0 Å². The summed E-state index contributed by atoms with van der Waals surface area (Å²) in [5.74, 6) is -1.05. The van der Waals surface area contributed by atoms with Crippen LogP contribution in [-0.4, -0.2) is 85.2 Å². The first-order valence-electron chi connectivity index (χ1n) is 13.0. The molecule has 4 atom stereocenters. The van der Waals surface area contributed by atoms with E-state index in [-0.39, 0.29) is 23.6 Å². The van der Waals surface area contributed by atoms with Crippen molar-refractivity contribution in [2.75, 3.05) is 33.2 Å². The molecule has 9 heteroatoms. The monoisotopic (exact) mass is 499 g/mol. The van der Waals surface area contributed by atoms with Crippen LogP contribution in [0.15, 0.2) is 24.3 Å². The smallest absolute Gasteiger partial charge is 0.246 e. The van der Waals surface area contributed by atoms with Crippen LogP contribution in [0.3, 0.4) is 0 Å². The number of hydrogen-bond acceptors (Lipinski definition) is 6.